The number of anilines is 1. The molecule has 3 rings (SSSR count). The highest BCUT2D eigenvalue weighted by molar-refractivity contribution is 7.22. The standard InChI is InChI=1S/C14H10N2O2S2/c1-8(17)10-6-7-12(19-10)13(18)16-14-15-9-4-2-3-5-11(9)20-14/h2-7H,1H3,(H,15,16,18). The number of carbonyl (C=O) groups is 2. The minimum Gasteiger partial charge on any atom is -0.297 e. The number of Topliss-reactive ketones (excluding diaryl/α,β-unsaturated/α-hetero) is 1. The van der Waals surface area contributed by atoms with Crippen LogP contribution in [0.25, 0.3) is 10.2 Å². The first-order valence-electron chi connectivity index (χ1n) is 5.91. The molecule has 0 aliphatic carbocycles. The number of rotatable bonds is 3. The second-order valence-corrected chi connectivity index (χ2v) is 6.28. The Morgan fingerprint density at radius 1 is 1.05 bits per heavy atom. The summed E-state index contributed by atoms with van der Waals surface area (Å²) in [5.41, 5.74) is 0.864. The van der Waals surface area contributed by atoms with Gasteiger partial charge in [0.2, 0.25) is 0 Å². The van der Waals surface area contributed by atoms with Crippen molar-refractivity contribution in [3.05, 3.63) is 46.2 Å². The molecule has 0 unspecified atom stereocenters. The van der Waals surface area contributed by atoms with E-state index in [4.69, 9.17) is 0 Å². The molecule has 2 heterocycles. The van der Waals surface area contributed by atoms with Gasteiger partial charge in [-0.15, -0.1) is 11.3 Å². The maximum absolute atomic E-state index is 12.1. The predicted molar refractivity (Wildman–Crippen MR) is 81.9 cm³/mol. The quantitative estimate of drug-likeness (QED) is 0.748. The third-order valence-corrected chi connectivity index (χ3v) is 4.83. The van der Waals surface area contributed by atoms with Crippen LogP contribution in [0.3, 0.4) is 0 Å². The van der Waals surface area contributed by atoms with E-state index in [1.165, 1.54) is 29.6 Å². The molecule has 0 saturated heterocycles. The predicted octanol–water partition coefficient (Wildman–Crippen LogP) is 3.81. The van der Waals surface area contributed by atoms with E-state index in [1.807, 2.05) is 24.3 Å². The molecule has 0 aliphatic heterocycles. The normalized spacial score (nSPS) is 10.7. The van der Waals surface area contributed by atoms with Crippen LogP contribution in [0.5, 0.6) is 0 Å². The number of hydrogen-bond donors (Lipinski definition) is 1. The van der Waals surface area contributed by atoms with Gasteiger partial charge in [0, 0.05) is 0 Å². The summed E-state index contributed by atoms with van der Waals surface area (Å²) in [6, 6.07) is 11.0. The molecule has 2 aromatic heterocycles. The Balaban J connectivity index is 1.82. The molecule has 0 bridgehead atoms. The molecule has 0 atom stereocenters. The highest BCUT2D eigenvalue weighted by Crippen LogP contribution is 2.26. The molecular formula is C14H10N2O2S2. The van der Waals surface area contributed by atoms with E-state index in [1.54, 1.807) is 12.1 Å². The van der Waals surface area contributed by atoms with Gasteiger partial charge in [-0.1, -0.05) is 23.5 Å². The van der Waals surface area contributed by atoms with Gasteiger partial charge in [-0.05, 0) is 31.2 Å². The third kappa shape index (κ3) is 2.48. The Hall–Kier alpha value is -2.05. The van der Waals surface area contributed by atoms with Gasteiger partial charge < -0.3 is 0 Å². The fraction of sp³-hybridized carbons (Fsp3) is 0.0714. The highest BCUT2D eigenvalue weighted by Gasteiger charge is 2.13. The van der Waals surface area contributed by atoms with Crippen molar-refractivity contribution in [2.45, 2.75) is 6.92 Å². The van der Waals surface area contributed by atoms with Crippen LogP contribution in [0.4, 0.5) is 5.13 Å². The highest BCUT2D eigenvalue weighted by atomic mass is 32.1. The number of thiazole rings is 1. The molecular weight excluding hydrogens is 292 g/mol. The summed E-state index contributed by atoms with van der Waals surface area (Å²) in [5.74, 6) is -0.268. The van der Waals surface area contributed by atoms with Gasteiger partial charge in [-0.3, -0.25) is 14.9 Å². The van der Waals surface area contributed by atoms with E-state index in [9.17, 15) is 9.59 Å². The maximum Gasteiger partial charge on any atom is 0.267 e. The van der Waals surface area contributed by atoms with Crippen LogP contribution in [0.1, 0.15) is 26.3 Å². The van der Waals surface area contributed by atoms with E-state index in [-0.39, 0.29) is 11.7 Å². The van der Waals surface area contributed by atoms with Gasteiger partial charge in [0.05, 0.1) is 20.0 Å². The number of nitrogens with one attached hydrogen (secondary N) is 1. The summed E-state index contributed by atoms with van der Waals surface area (Å²) in [7, 11) is 0. The van der Waals surface area contributed by atoms with Crippen LogP contribution in [0.15, 0.2) is 36.4 Å². The molecule has 100 valence electrons. The molecule has 1 amide bonds. The van der Waals surface area contributed by atoms with Gasteiger partial charge in [-0.2, -0.15) is 0 Å². The zero-order valence-corrected chi connectivity index (χ0v) is 12.2. The molecule has 20 heavy (non-hydrogen) atoms. The average molecular weight is 302 g/mol. The fourth-order valence-corrected chi connectivity index (χ4v) is 3.39. The van der Waals surface area contributed by atoms with E-state index in [0.717, 1.165) is 10.2 Å². The largest absolute Gasteiger partial charge is 0.297 e. The fourth-order valence-electron chi connectivity index (χ4n) is 1.73. The third-order valence-electron chi connectivity index (χ3n) is 2.69. The van der Waals surface area contributed by atoms with Gasteiger partial charge in [0.25, 0.3) is 5.91 Å². The minimum absolute atomic E-state index is 0.0333. The Labute approximate surface area is 123 Å². The Kier molecular flexibility index (Phi) is 3.33. The molecule has 6 heteroatoms. The first kappa shape index (κ1) is 13.0. The molecule has 1 N–H and O–H groups in total. The first-order valence-corrected chi connectivity index (χ1v) is 7.54. The summed E-state index contributed by atoms with van der Waals surface area (Å²) >= 11 is 2.62. The Morgan fingerprint density at radius 3 is 2.50 bits per heavy atom. The molecule has 3 aromatic rings. The number of aromatic nitrogens is 1. The average Bonchev–Trinajstić information content (AvgIpc) is 3.04. The van der Waals surface area contributed by atoms with Gasteiger partial charge >= 0.3 is 0 Å². The molecule has 0 spiro atoms. The van der Waals surface area contributed by atoms with Crippen molar-refractivity contribution < 1.29 is 9.59 Å². The van der Waals surface area contributed by atoms with Gasteiger partial charge in [0.15, 0.2) is 10.9 Å². The number of amides is 1. The smallest absolute Gasteiger partial charge is 0.267 e. The summed E-state index contributed by atoms with van der Waals surface area (Å²) in [5, 5.41) is 3.33. The first-order chi connectivity index (χ1) is 9.63. The minimum atomic E-state index is -0.235. The van der Waals surface area contributed by atoms with E-state index >= 15 is 0 Å². The number of hydrogen-bond acceptors (Lipinski definition) is 5. The lowest BCUT2D eigenvalue weighted by Gasteiger charge is -1.97. The summed E-state index contributed by atoms with van der Waals surface area (Å²) < 4.78 is 1.03. The molecule has 0 fully saturated rings. The Morgan fingerprint density at radius 2 is 1.80 bits per heavy atom. The second kappa shape index (κ2) is 5.15. The summed E-state index contributed by atoms with van der Waals surface area (Å²) in [6.45, 7) is 1.49. The second-order valence-electron chi connectivity index (χ2n) is 4.16. The van der Waals surface area contributed by atoms with Crippen LogP contribution < -0.4 is 5.32 Å². The maximum atomic E-state index is 12.1. The van der Waals surface area contributed by atoms with E-state index in [2.05, 4.69) is 10.3 Å². The Bertz CT molecular complexity index is 771. The zero-order chi connectivity index (χ0) is 14.1. The number of carbonyl (C=O) groups excluding carboxylic acids is 2. The van der Waals surface area contributed by atoms with Crippen molar-refractivity contribution in [1.82, 2.24) is 4.98 Å². The lowest BCUT2D eigenvalue weighted by Crippen LogP contribution is -2.09. The molecule has 0 aliphatic rings. The van der Waals surface area contributed by atoms with Crippen molar-refractivity contribution in [2.24, 2.45) is 0 Å². The van der Waals surface area contributed by atoms with Gasteiger partial charge in [-0.25, -0.2) is 4.98 Å². The number of fused-ring (bicyclic) bond motifs is 1. The number of ketones is 1. The molecule has 0 radical (unpaired) electrons. The monoisotopic (exact) mass is 302 g/mol. The lowest BCUT2D eigenvalue weighted by molar-refractivity contribution is 0.101. The van der Waals surface area contributed by atoms with Crippen molar-refractivity contribution >= 4 is 49.7 Å². The van der Waals surface area contributed by atoms with Crippen molar-refractivity contribution in [3.63, 3.8) is 0 Å². The van der Waals surface area contributed by atoms with E-state index in [0.29, 0.717) is 14.9 Å². The van der Waals surface area contributed by atoms with Crippen LogP contribution in [0.2, 0.25) is 0 Å². The van der Waals surface area contributed by atoms with Crippen LogP contribution in [0, 0.1) is 0 Å². The van der Waals surface area contributed by atoms with Crippen LogP contribution >= 0.6 is 22.7 Å². The van der Waals surface area contributed by atoms with Crippen molar-refractivity contribution in [3.8, 4) is 0 Å². The molecule has 1 aromatic carbocycles. The summed E-state index contributed by atoms with van der Waals surface area (Å²) in [6.07, 6.45) is 0. The van der Waals surface area contributed by atoms with E-state index < -0.39 is 0 Å². The van der Waals surface area contributed by atoms with Gasteiger partial charge in [0.1, 0.15) is 0 Å². The summed E-state index contributed by atoms with van der Waals surface area (Å²) in [4.78, 5) is 28.7. The zero-order valence-electron chi connectivity index (χ0n) is 10.5. The van der Waals surface area contributed by atoms with Crippen molar-refractivity contribution in [2.75, 3.05) is 5.32 Å². The number of para-hydroxylation sites is 1. The molecule has 0 saturated carbocycles. The topological polar surface area (TPSA) is 59.1 Å². The van der Waals surface area contributed by atoms with Crippen LogP contribution in [-0.4, -0.2) is 16.7 Å². The number of nitrogens with zero attached hydrogens (tertiary/aromatic N) is 1. The van der Waals surface area contributed by atoms with Crippen molar-refractivity contribution in [1.29, 1.82) is 0 Å². The van der Waals surface area contributed by atoms with Crippen LogP contribution in [-0.2, 0) is 0 Å². The SMILES string of the molecule is CC(=O)c1ccc(C(=O)Nc2nc3ccccc3s2)s1. The molecule has 4 nitrogen and oxygen atoms in total. The number of benzene rings is 1. The number of thiophene rings is 1. The lowest BCUT2D eigenvalue weighted by atomic mass is 10.3.